The molecule has 0 bridgehead atoms. The van der Waals surface area contributed by atoms with Gasteiger partial charge in [-0.25, -0.2) is 0 Å². The zero-order valence-corrected chi connectivity index (χ0v) is 8.65. The zero-order valence-electron chi connectivity index (χ0n) is 7.83. The summed E-state index contributed by atoms with van der Waals surface area (Å²) in [5, 5.41) is 0. The highest BCUT2D eigenvalue weighted by atomic mass is 32.2. The molecule has 12 heavy (non-hydrogen) atoms. The largest absolute Gasteiger partial charge is 0.377 e. The van der Waals surface area contributed by atoms with Crippen LogP contribution >= 0.6 is 0 Å². The summed E-state index contributed by atoms with van der Waals surface area (Å²) < 4.78 is 15.8. The Kier molecular flexibility index (Phi) is 6.20. The molecule has 0 radical (unpaired) electrons. The highest BCUT2D eigenvalue weighted by molar-refractivity contribution is 7.85. The van der Waals surface area contributed by atoms with Crippen LogP contribution in [0.4, 0.5) is 0 Å². The van der Waals surface area contributed by atoms with Crippen molar-refractivity contribution in [3.63, 3.8) is 0 Å². The Labute approximate surface area is 75.9 Å². The first-order valence-electron chi connectivity index (χ1n) is 3.92. The minimum Gasteiger partial charge on any atom is -0.377 e. The number of Topliss-reactive ketones (excluding diaryl/α,β-unsaturated/α-hetero) is 1. The lowest BCUT2D eigenvalue weighted by Gasteiger charge is -2.03. The molecule has 1 atom stereocenters. The van der Waals surface area contributed by atoms with Gasteiger partial charge < -0.3 is 4.74 Å². The van der Waals surface area contributed by atoms with Crippen LogP contribution in [-0.4, -0.2) is 35.2 Å². The van der Waals surface area contributed by atoms with Crippen LogP contribution in [0.3, 0.4) is 0 Å². The van der Waals surface area contributed by atoms with Crippen LogP contribution in [0.1, 0.15) is 13.8 Å². The molecule has 0 spiro atoms. The summed E-state index contributed by atoms with van der Waals surface area (Å²) in [5.41, 5.74) is 0. The van der Waals surface area contributed by atoms with Gasteiger partial charge in [-0.05, 0) is 5.92 Å². The Hall–Kier alpha value is -0.220. The third-order valence-electron chi connectivity index (χ3n) is 1.15. The molecule has 4 heteroatoms. The van der Waals surface area contributed by atoms with E-state index < -0.39 is 10.8 Å². The molecule has 0 saturated heterocycles. The minimum absolute atomic E-state index is 0.0732. The summed E-state index contributed by atoms with van der Waals surface area (Å²) in [7, 11) is 0.450. The molecular weight excluding hydrogens is 176 g/mol. The summed E-state index contributed by atoms with van der Waals surface area (Å²) in [6.45, 7) is 4.04. The fourth-order valence-electron chi connectivity index (χ4n) is 0.813. The third-order valence-corrected chi connectivity index (χ3v) is 2.83. The maximum absolute atomic E-state index is 11.2. The highest BCUT2D eigenvalue weighted by Gasteiger charge is 2.08. The van der Waals surface area contributed by atoms with Crippen molar-refractivity contribution in [2.24, 2.45) is 5.92 Å². The minimum atomic E-state index is -1.01. The van der Waals surface area contributed by atoms with Crippen LogP contribution in [0.2, 0.25) is 0 Å². The molecule has 0 aromatic carbocycles. The van der Waals surface area contributed by atoms with E-state index in [0.717, 1.165) is 0 Å². The molecule has 0 N–H and O–H groups in total. The molecule has 0 saturated carbocycles. The standard InChI is InChI=1S/C8H16O3S/c1-7(2)5-12(10)6-8(9)4-11-3/h7H,4-6H2,1-3H3. The summed E-state index contributed by atoms with van der Waals surface area (Å²) >= 11 is 0. The first-order valence-corrected chi connectivity index (χ1v) is 5.40. The van der Waals surface area contributed by atoms with Gasteiger partial charge in [-0.3, -0.25) is 9.00 Å². The van der Waals surface area contributed by atoms with E-state index in [1.807, 2.05) is 13.8 Å². The maximum atomic E-state index is 11.2. The fourth-order valence-corrected chi connectivity index (χ4v) is 2.12. The van der Waals surface area contributed by atoms with E-state index in [2.05, 4.69) is 4.74 Å². The van der Waals surface area contributed by atoms with Crippen molar-refractivity contribution < 1.29 is 13.7 Å². The molecule has 0 aliphatic carbocycles. The van der Waals surface area contributed by atoms with Crippen LogP contribution in [0, 0.1) is 5.92 Å². The number of carbonyl (C=O) groups is 1. The van der Waals surface area contributed by atoms with Gasteiger partial charge in [-0.2, -0.15) is 0 Å². The Morgan fingerprint density at radius 2 is 2.08 bits per heavy atom. The number of carbonyl (C=O) groups excluding carboxylic acids is 1. The van der Waals surface area contributed by atoms with Gasteiger partial charge in [0.05, 0.1) is 5.75 Å². The Morgan fingerprint density at radius 3 is 2.50 bits per heavy atom. The van der Waals surface area contributed by atoms with E-state index in [4.69, 9.17) is 0 Å². The Morgan fingerprint density at radius 1 is 1.50 bits per heavy atom. The summed E-state index contributed by atoms with van der Waals surface area (Å²) in [5.74, 6) is 1.01. The lowest BCUT2D eigenvalue weighted by atomic mass is 10.3. The lowest BCUT2D eigenvalue weighted by molar-refractivity contribution is -0.120. The second-order valence-corrected chi connectivity index (χ2v) is 4.62. The van der Waals surface area contributed by atoms with E-state index in [9.17, 15) is 9.00 Å². The van der Waals surface area contributed by atoms with Gasteiger partial charge >= 0.3 is 0 Å². The number of rotatable bonds is 6. The van der Waals surface area contributed by atoms with E-state index >= 15 is 0 Å². The van der Waals surface area contributed by atoms with Gasteiger partial charge in [-0.1, -0.05) is 13.8 Å². The van der Waals surface area contributed by atoms with Crippen molar-refractivity contribution in [3.05, 3.63) is 0 Å². The zero-order chi connectivity index (χ0) is 9.56. The molecule has 3 nitrogen and oxygen atoms in total. The van der Waals surface area contributed by atoms with Gasteiger partial charge in [0.2, 0.25) is 0 Å². The van der Waals surface area contributed by atoms with E-state index in [-0.39, 0.29) is 18.1 Å². The van der Waals surface area contributed by atoms with E-state index in [1.165, 1.54) is 7.11 Å². The quantitative estimate of drug-likeness (QED) is 0.619. The van der Waals surface area contributed by atoms with Gasteiger partial charge in [0.1, 0.15) is 6.61 Å². The van der Waals surface area contributed by atoms with Gasteiger partial charge in [-0.15, -0.1) is 0 Å². The predicted molar refractivity (Wildman–Crippen MR) is 49.6 cm³/mol. The van der Waals surface area contributed by atoms with Crippen molar-refractivity contribution in [1.82, 2.24) is 0 Å². The SMILES string of the molecule is COCC(=O)CS(=O)CC(C)C. The Bertz CT molecular complexity index is 166. The average Bonchev–Trinajstić information content (AvgIpc) is 1.84. The molecule has 0 aromatic rings. The average molecular weight is 192 g/mol. The van der Waals surface area contributed by atoms with E-state index in [1.54, 1.807) is 0 Å². The monoisotopic (exact) mass is 192 g/mol. The van der Waals surface area contributed by atoms with Crippen LogP contribution in [0.25, 0.3) is 0 Å². The van der Waals surface area contributed by atoms with Gasteiger partial charge in [0.15, 0.2) is 5.78 Å². The second kappa shape index (κ2) is 6.31. The molecule has 0 aliphatic heterocycles. The second-order valence-electron chi connectivity index (χ2n) is 3.12. The molecule has 1 unspecified atom stereocenters. The maximum Gasteiger partial charge on any atom is 0.170 e. The summed E-state index contributed by atoms with van der Waals surface area (Å²) in [6.07, 6.45) is 0. The molecule has 0 heterocycles. The van der Waals surface area contributed by atoms with Crippen LogP contribution in [-0.2, 0) is 20.3 Å². The van der Waals surface area contributed by atoms with Crippen LogP contribution in [0.5, 0.6) is 0 Å². The first-order chi connectivity index (χ1) is 5.56. The smallest absolute Gasteiger partial charge is 0.170 e. The Balaban J connectivity index is 3.62. The molecule has 0 amide bonds. The number of ketones is 1. The van der Waals surface area contributed by atoms with E-state index in [0.29, 0.717) is 11.7 Å². The van der Waals surface area contributed by atoms with Gasteiger partial charge in [0, 0.05) is 23.7 Å². The summed E-state index contributed by atoms with van der Waals surface area (Å²) in [4.78, 5) is 10.9. The number of ether oxygens (including phenoxy) is 1. The molecule has 0 aliphatic rings. The molecule has 0 fully saturated rings. The van der Waals surface area contributed by atoms with Crippen molar-refractivity contribution in [3.8, 4) is 0 Å². The predicted octanol–water partition coefficient (Wildman–Crippen LogP) is 0.607. The van der Waals surface area contributed by atoms with Crippen LogP contribution < -0.4 is 0 Å². The first kappa shape index (κ1) is 11.8. The number of methoxy groups -OCH3 is 1. The van der Waals surface area contributed by atoms with Gasteiger partial charge in [0.25, 0.3) is 0 Å². The van der Waals surface area contributed by atoms with Crippen molar-refractivity contribution >= 4 is 16.6 Å². The van der Waals surface area contributed by atoms with Crippen molar-refractivity contribution in [1.29, 1.82) is 0 Å². The van der Waals surface area contributed by atoms with Crippen molar-refractivity contribution in [2.45, 2.75) is 13.8 Å². The molecule has 0 rings (SSSR count). The normalized spacial score (nSPS) is 13.3. The highest BCUT2D eigenvalue weighted by Crippen LogP contribution is 1.96. The molecular formula is C8H16O3S. The third kappa shape index (κ3) is 6.49. The van der Waals surface area contributed by atoms with Crippen LogP contribution in [0.15, 0.2) is 0 Å². The number of hydrogen-bond acceptors (Lipinski definition) is 3. The lowest BCUT2D eigenvalue weighted by Crippen LogP contribution is -2.19. The topological polar surface area (TPSA) is 43.4 Å². The fraction of sp³-hybridized carbons (Fsp3) is 0.875. The molecule has 72 valence electrons. The summed E-state index contributed by atoms with van der Waals surface area (Å²) in [6, 6.07) is 0. The van der Waals surface area contributed by atoms with Crippen molar-refractivity contribution in [2.75, 3.05) is 25.2 Å². The number of hydrogen-bond donors (Lipinski definition) is 0. The molecule has 0 aromatic heterocycles.